The minimum Gasteiger partial charge on any atom is -0.474 e. The van der Waals surface area contributed by atoms with E-state index in [-0.39, 0.29) is 11.5 Å². The van der Waals surface area contributed by atoms with E-state index in [1.165, 1.54) is 12.1 Å². The molecule has 5 nitrogen and oxygen atoms in total. The summed E-state index contributed by atoms with van der Waals surface area (Å²) in [7, 11) is 0. The van der Waals surface area contributed by atoms with E-state index in [1.54, 1.807) is 24.5 Å². The van der Waals surface area contributed by atoms with E-state index < -0.39 is 29.6 Å². The summed E-state index contributed by atoms with van der Waals surface area (Å²) in [6.45, 7) is 0. The lowest BCUT2D eigenvalue weighted by Gasteiger charge is -2.34. The Balaban J connectivity index is 1.83. The fraction of sp³-hybridized carbons (Fsp3) is 0.312. The van der Waals surface area contributed by atoms with Crippen LogP contribution in [0.3, 0.4) is 0 Å². The van der Waals surface area contributed by atoms with Gasteiger partial charge in [-0.15, -0.1) is 11.8 Å². The second-order valence-electron chi connectivity index (χ2n) is 5.26. The van der Waals surface area contributed by atoms with Crippen LogP contribution in [0.25, 0.3) is 11.1 Å². The molecule has 1 aromatic heterocycles. The molecule has 122 valence electrons. The lowest BCUT2D eigenvalue weighted by atomic mass is 10.1. The van der Waals surface area contributed by atoms with Crippen LogP contribution in [-0.4, -0.2) is 49.8 Å². The van der Waals surface area contributed by atoms with Gasteiger partial charge in [0, 0.05) is 23.7 Å². The molecular formula is C16H16FNO4S. The molecule has 0 spiro atoms. The molecule has 0 unspecified atom stereocenters. The van der Waals surface area contributed by atoms with Crippen LogP contribution in [0.15, 0.2) is 42.7 Å². The highest BCUT2D eigenvalue weighted by Gasteiger charge is 2.38. The summed E-state index contributed by atoms with van der Waals surface area (Å²) in [6.07, 6.45) is -0.342. The van der Waals surface area contributed by atoms with Crippen LogP contribution in [0.4, 0.5) is 4.39 Å². The van der Waals surface area contributed by atoms with Crippen molar-refractivity contribution in [3.63, 3.8) is 0 Å². The molecule has 1 saturated heterocycles. The van der Waals surface area contributed by atoms with Crippen LogP contribution in [0.5, 0.6) is 5.75 Å². The Morgan fingerprint density at radius 2 is 1.96 bits per heavy atom. The van der Waals surface area contributed by atoms with Gasteiger partial charge in [-0.25, -0.2) is 4.39 Å². The Kier molecular flexibility index (Phi) is 4.82. The second-order valence-corrected chi connectivity index (χ2v) is 6.39. The molecule has 0 amide bonds. The van der Waals surface area contributed by atoms with Crippen molar-refractivity contribution in [1.29, 1.82) is 0 Å². The maximum atomic E-state index is 14.0. The first kappa shape index (κ1) is 16.2. The highest BCUT2D eigenvalue weighted by Crippen LogP contribution is 2.32. The standard InChI is InChI=1S/C16H16FNO4S/c17-11-4-3-9(10-2-1-5-18-7-10)6-13(11)22-16-15(21)14(20)12(19)8-23-16/h1-7,12,14-16,19-21H,8H2/t12-,14+,15-,16+/m1/s1. The fourth-order valence-electron chi connectivity index (χ4n) is 2.31. The number of hydrogen-bond donors (Lipinski definition) is 3. The first-order valence-corrected chi connectivity index (χ1v) is 8.13. The van der Waals surface area contributed by atoms with Gasteiger partial charge in [-0.3, -0.25) is 4.98 Å². The second kappa shape index (κ2) is 6.84. The zero-order valence-corrected chi connectivity index (χ0v) is 12.9. The quantitative estimate of drug-likeness (QED) is 0.786. The Hall–Kier alpha value is -1.67. The predicted molar refractivity (Wildman–Crippen MR) is 84.5 cm³/mol. The molecule has 0 bridgehead atoms. The number of aromatic nitrogens is 1. The number of benzene rings is 1. The third kappa shape index (κ3) is 3.48. The van der Waals surface area contributed by atoms with Gasteiger partial charge in [0.1, 0.15) is 12.2 Å². The van der Waals surface area contributed by atoms with Crippen LogP contribution < -0.4 is 4.74 Å². The fourth-order valence-corrected chi connectivity index (χ4v) is 3.43. The van der Waals surface area contributed by atoms with Crippen molar-refractivity contribution in [3.05, 3.63) is 48.5 Å². The number of aliphatic hydroxyl groups excluding tert-OH is 3. The highest BCUT2D eigenvalue weighted by molar-refractivity contribution is 7.99. The van der Waals surface area contributed by atoms with Gasteiger partial charge in [0.2, 0.25) is 0 Å². The normalized spacial score (nSPS) is 27.7. The zero-order chi connectivity index (χ0) is 16.4. The first-order valence-electron chi connectivity index (χ1n) is 7.08. The van der Waals surface area contributed by atoms with Crippen LogP contribution in [0.2, 0.25) is 0 Å². The molecule has 0 aliphatic carbocycles. The lowest BCUT2D eigenvalue weighted by molar-refractivity contribution is -0.0790. The van der Waals surface area contributed by atoms with E-state index in [1.807, 2.05) is 6.07 Å². The third-order valence-electron chi connectivity index (χ3n) is 3.62. The van der Waals surface area contributed by atoms with Crippen LogP contribution >= 0.6 is 11.8 Å². The van der Waals surface area contributed by atoms with E-state index in [4.69, 9.17) is 4.74 Å². The smallest absolute Gasteiger partial charge is 0.173 e. The molecule has 3 rings (SSSR count). The summed E-state index contributed by atoms with van der Waals surface area (Å²) < 4.78 is 19.5. The van der Waals surface area contributed by atoms with Gasteiger partial charge in [0.15, 0.2) is 17.0 Å². The summed E-state index contributed by atoms with van der Waals surface area (Å²) in [5.74, 6) is -0.384. The first-order chi connectivity index (χ1) is 11.1. The van der Waals surface area contributed by atoms with E-state index in [2.05, 4.69) is 4.98 Å². The third-order valence-corrected chi connectivity index (χ3v) is 4.86. The summed E-state index contributed by atoms with van der Waals surface area (Å²) in [5.41, 5.74) is 0.682. The van der Waals surface area contributed by atoms with Crippen molar-refractivity contribution in [2.24, 2.45) is 0 Å². The van der Waals surface area contributed by atoms with Crippen LogP contribution in [0.1, 0.15) is 0 Å². The van der Waals surface area contributed by atoms with Gasteiger partial charge in [-0.1, -0.05) is 12.1 Å². The number of thioether (sulfide) groups is 1. The average molecular weight is 337 g/mol. The molecule has 2 aromatic rings. The largest absolute Gasteiger partial charge is 0.474 e. The molecular weight excluding hydrogens is 321 g/mol. The zero-order valence-electron chi connectivity index (χ0n) is 12.0. The number of hydrogen-bond acceptors (Lipinski definition) is 6. The molecule has 1 aromatic carbocycles. The molecule has 7 heteroatoms. The molecule has 2 heterocycles. The Morgan fingerprint density at radius 3 is 2.70 bits per heavy atom. The van der Waals surface area contributed by atoms with E-state index in [9.17, 15) is 19.7 Å². The van der Waals surface area contributed by atoms with Crippen molar-refractivity contribution in [1.82, 2.24) is 4.98 Å². The lowest BCUT2D eigenvalue weighted by Crippen LogP contribution is -2.50. The van der Waals surface area contributed by atoms with Crippen molar-refractivity contribution in [2.45, 2.75) is 23.7 Å². The molecule has 1 aliphatic heterocycles. The molecule has 0 saturated carbocycles. The molecule has 3 N–H and O–H groups in total. The van der Waals surface area contributed by atoms with E-state index in [0.717, 1.165) is 22.9 Å². The summed E-state index contributed by atoms with van der Waals surface area (Å²) in [4.78, 5) is 4.02. The van der Waals surface area contributed by atoms with Gasteiger partial charge < -0.3 is 20.1 Å². The monoisotopic (exact) mass is 337 g/mol. The van der Waals surface area contributed by atoms with Crippen molar-refractivity contribution >= 4 is 11.8 Å². The van der Waals surface area contributed by atoms with E-state index in [0.29, 0.717) is 0 Å². The SMILES string of the molecule is O[C@@H]1[C@@H](O)[C@@H](Oc2cc(-c3cccnc3)ccc2F)SC[C@H]1O. The Labute approximate surface area is 136 Å². The van der Waals surface area contributed by atoms with Crippen molar-refractivity contribution in [3.8, 4) is 16.9 Å². The van der Waals surface area contributed by atoms with Gasteiger partial charge in [0.05, 0.1) is 6.10 Å². The number of halogens is 1. The molecule has 1 aliphatic rings. The minimum absolute atomic E-state index is 0.0218. The summed E-state index contributed by atoms with van der Waals surface area (Å²) in [5, 5.41) is 29.2. The average Bonchev–Trinajstić information content (AvgIpc) is 2.58. The molecule has 23 heavy (non-hydrogen) atoms. The Morgan fingerprint density at radius 1 is 1.13 bits per heavy atom. The molecule has 1 fully saturated rings. The van der Waals surface area contributed by atoms with Gasteiger partial charge >= 0.3 is 0 Å². The maximum absolute atomic E-state index is 14.0. The topological polar surface area (TPSA) is 82.8 Å². The predicted octanol–water partition coefficient (Wildman–Crippen LogP) is 1.42. The molecule has 4 atom stereocenters. The van der Waals surface area contributed by atoms with Crippen LogP contribution in [0, 0.1) is 5.82 Å². The van der Waals surface area contributed by atoms with Crippen molar-refractivity contribution < 1.29 is 24.4 Å². The van der Waals surface area contributed by atoms with Crippen molar-refractivity contribution in [2.75, 3.05) is 5.75 Å². The van der Waals surface area contributed by atoms with Gasteiger partial charge in [-0.2, -0.15) is 0 Å². The number of rotatable bonds is 3. The highest BCUT2D eigenvalue weighted by atomic mass is 32.2. The summed E-state index contributed by atoms with van der Waals surface area (Å²) >= 11 is 1.13. The molecule has 0 radical (unpaired) electrons. The van der Waals surface area contributed by atoms with E-state index >= 15 is 0 Å². The number of ether oxygens (including phenoxy) is 1. The minimum atomic E-state index is -1.31. The number of pyridine rings is 1. The Bertz CT molecular complexity index is 672. The van der Waals surface area contributed by atoms with Gasteiger partial charge in [-0.05, 0) is 23.8 Å². The summed E-state index contributed by atoms with van der Waals surface area (Å²) in [6, 6.07) is 8.04. The number of nitrogens with zero attached hydrogens (tertiary/aromatic N) is 1. The maximum Gasteiger partial charge on any atom is 0.173 e. The van der Waals surface area contributed by atoms with Crippen LogP contribution in [-0.2, 0) is 0 Å². The van der Waals surface area contributed by atoms with Gasteiger partial charge in [0.25, 0.3) is 0 Å². The number of aliphatic hydroxyl groups is 3.